The third-order valence-electron chi connectivity index (χ3n) is 9.25. The highest BCUT2D eigenvalue weighted by atomic mass is 28.4. The molecule has 2 atom stereocenters. The number of aliphatic hydroxyl groups excluding tert-OH is 1. The van der Waals surface area contributed by atoms with E-state index in [1.54, 1.807) is 12.1 Å². The first-order valence-corrected chi connectivity index (χ1v) is 17.8. The van der Waals surface area contributed by atoms with Gasteiger partial charge in [0.25, 0.3) is 5.92 Å². The van der Waals surface area contributed by atoms with Crippen LogP contribution in [0.3, 0.4) is 0 Å². The number of hydrogen-bond acceptors (Lipinski definition) is 3. The van der Waals surface area contributed by atoms with E-state index in [4.69, 9.17) is 9.41 Å². The van der Waals surface area contributed by atoms with Crippen LogP contribution in [0.1, 0.15) is 138 Å². The summed E-state index contributed by atoms with van der Waals surface area (Å²) in [5.41, 5.74) is 6.89. The van der Waals surface area contributed by atoms with Crippen molar-refractivity contribution < 1.29 is 18.3 Å². The molecule has 0 saturated carbocycles. The number of aliphatic hydroxyl groups is 1. The summed E-state index contributed by atoms with van der Waals surface area (Å²) < 4.78 is 35.1. The lowest BCUT2D eigenvalue weighted by Gasteiger charge is -2.45. The summed E-state index contributed by atoms with van der Waals surface area (Å²) in [6.07, 6.45) is 6.02. The molecule has 0 bridgehead atoms. The lowest BCUT2D eigenvalue weighted by Crippen LogP contribution is -2.44. The van der Waals surface area contributed by atoms with Gasteiger partial charge in [0.15, 0.2) is 8.32 Å². The molecule has 1 unspecified atom stereocenters. The molecule has 1 N–H and O–H groups in total. The number of rotatable bonds is 7. The number of hydrogen-bond donors (Lipinski definition) is 1. The van der Waals surface area contributed by atoms with Crippen LogP contribution in [0.5, 0.6) is 0 Å². The smallest absolute Gasteiger partial charge is 0.270 e. The van der Waals surface area contributed by atoms with Gasteiger partial charge in [0, 0.05) is 35.0 Å². The molecule has 220 valence electrons. The minimum absolute atomic E-state index is 0.0317. The van der Waals surface area contributed by atoms with Crippen LogP contribution in [0.15, 0.2) is 30.3 Å². The summed E-state index contributed by atoms with van der Waals surface area (Å²) in [4.78, 5) is 5.31. The first-order valence-electron chi connectivity index (χ1n) is 14.9. The molecule has 1 aromatic carbocycles. The van der Waals surface area contributed by atoms with Crippen molar-refractivity contribution in [1.29, 1.82) is 0 Å². The van der Waals surface area contributed by atoms with Gasteiger partial charge in [-0.1, -0.05) is 78.8 Å². The molecule has 1 aromatic heterocycles. The molecular formula is C34H49F2NO2Si. The average Bonchev–Trinajstić information content (AvgIpc) is 3.35. The van der Waals surface area contributed by atoms with Crippen LogP contribution >= 0.6 is 0 Å². The van der Waals surface area contributed by atoms with Crippen molar-refractivity contribution in [1.82, 2.24) is 4.98 Å². The Balaban J connectivity index is 1.99. The Morgan fingerprint density at radius 1 is 1.07 bits per heavy atom. The molecule has 1 heterocycles. The fourth-order valence-electron chi connectivity index (χ4n) is 6.01. The first kappa shape index (κ1) is 31.1. The van der Waals surface area contributed by atoms with E-state index < -0.39 is 20.3 Å². The number of benzene rings is 1. The third-order valence-corrected chi connectivity index (χ3v) is 13.7. The van der Waals surface area contributed by atoms with Crippen molar-refractivity contribution in [3.63, 3.8) is 0 Å². The van der Waals surface area contributed by atoms with Crippen molar-refractivity contribution >= 4 is 13.9 Å². The topological polar surface area (TPSA) is 42.4 Å². The molecule has 40 heavy (non-hydrogen) atoms. The first-order chi connectivity index (χ1) is 18.3. The highest BCUT2D eigenvalue weighted by molar-refractivity contribution is 6.74. The van der Waals surface area contributed by atoms with Crippen LogP contribution in [0.25, 0.3) is 5.57 Å². The highest BCUT2D eigenvalue weighted by Gasteiger charge is 2.45. The molecule has 2 aliphatic rings. The molecule has 0 amide bonds. The summed E-state index contributed by atoms with van der Waals surface area (Å²) >= 11 is 0. The Bertz CT molecular complexity index is 1270. The standard InChI is InChI=1S/C34H49F2NO2Si/c1-21(2)30-29(31(38)23-15-17-24(18-16-23)34(8,35)36)27(22-13-11-12-14-22)28-25(37-30)19-33(6,7)20-26(28)39-40(9,10)32(3,4)5/h13,15-18,21,26,31,38H,11-12,14,19-20H2,1-10H3/t26-,31?/m0/s1. The van der Waals surface area contributed by atoms with Gasteiger partial charge in [-0.2, -0.15) is 0 Å². The molecule has 0 fully saturated rings. The van der Waals surface area contributed by atoms with Gasteiger partial charge in [-0.05, 0) is 78.3 Å². The van der Waals surface area contributed by atoms with E-state index in [-0.39, 0.29) is 28.0 Å². The number of pyridine rings is 1. The van der Waals surface area contributed by atoms with Gasteiger partial charge in [0.2, 0.25) is 0 Å². The van der Waals surface area contributed by atoms with Crippen LogP contribution in [0.2, 0.25) is 18.1 Å². The van der Waals surface area contributed by atoms with Gasteiger partial charge in [-0.15, -0.1) is 0 Å². The second-order valence-corrected chi connectivity index (χ2v) is 19.5. The van der Waals surface area contributed by atoms with Gasteiger partial charge in [0.1, 0.15) is 6.10 Å². The van der Waals surface area contributed by atoms with Gasteiger partial charge in [-0.25, -0.2) is 8.78 Å². The molecule has 6 heteroatoms. The number of fused-ring (bicyclic) bond motifs is 1. The molecule has 0 aliphatic heterocycles. The molecule has 2 aliphatic carbocycles. The Hall–Kier alpha value is -1.89. The fraction of sp³-hybridized carbons (Fsp3) is 0.618. The summed E-state index contributed by atoms with van der Waals surface area (Å²) in [7, 11) is -2.13. The van der Waals surface area contributed by atoms with E-state index in [1.807, 2.05) is 0 Å². The molecule has 0 radical (unpaired) electrons. The molecule has 2 aromatic rings. The minimum Gasteiger partial charge on any atom is -0.410 e. The van der Waals surface area contributed by atoms with E-state index in [1.165, 1.54) is 17.7 Å². The number of allylic oxidation sites excluding steroid dienone is 2. The van der Waals surface area contributed by atoms with Crippen molar-refractivity contribution in [3.05, 3.63) is 69.5 Å². The predicted molar refractivity (Wildman–Crippen MR) is 163 cm³/mol. The number of alkyl halides is 2. The summed E-state index contributed by atoms with van der Waals surface area (Å²) in [5.74, 6) is -2.85. The minimum atomic E-state index is -2.93. The van der Waals surface area contributed by atoms with Crippen molar-refractivity contribution in [2.24, 2.45) is 5.41 Å². The molecule has 3 nitrogen and oxygen atoms in total. The maximum Gasteiger partial charge on any atom is 0.270 e. The van der Waals surface area contributed by atoms with Crippen LogP contribution in [0, 0.1) is 5.41 Å². The second kappa shape index (κ2) is 10.7. The van der Waals surface area contributed by atoms with Gasteiger partial charge in [-0.3, -0.25) is 4.98 Å². The lowest BCUT2D eigenvalue weighted by molar-refractivity contribution is 0.0174. The normalized spacial score (nSPS) is 20.4. The lowest BCUT2D eigenvalue weighted by atomic mass is 9.71. The Labute approximate surface area is 241 Å². The van der Waals surface area contributed by atoms with Crippen molar-refractivity contribution in [2.75, 3.05) is 0 Å². The average molecular weight is 570 g/mol. The summed E-state index contributed by atoms with van der Waals surface area (Å²) in [5, 5.41) is 12.1. The summed E-state index contributed by atoms with van der Waals surface area (Å²) in [6, 6.07) is 6.14. The maximum absolute atomic E-state index is 14.0. The molecule has 0 saturated heterocycles. The van der Waals surface area contributed by atoms with Gasteiger partial charge >= 0.3 is 0 Å². The van der Waals surface area contributed by atoms with Crippen molar-refractivity contribution in [2.45, 2.75) is 130 Å². The summed E-state index contributed by atoms with van der Waals surface area (Å²) in [6.45, 7) is 21.2. The van der Waals surface area contributed by atoms with Crippen LogP contribution in [-0.4, -0.2) is 18.4 Å². The second-order valence-electron chi connectivity index (χ2n) is 14.7. The highest BCUT2D eigenvalue weighted by Crippen LogP contribution is 2.52. The third kappa shape index (κ3) is 6.14. The van der Waals surface area contributed by atoms with Gasteiger partial charge in [0.05, 0.1) is 6.10 Å². The van der Waals surface area contributed by atoms with E-state index >= 15 is 0 Å². The number of halogens is 2. The largest absolute Gasteiger partial charge is 0.410 e. The zero-order valence-electron chi connectivity index (χ0n) is 26.2. The Kier molecular flexibility index (Phi) is 8.34. The monoisotopic (exact) mass is 569 g/mol. The molecular weight excluding hydrogens is 520 g/mol. The van der Waals surface area contributed by atoms with Gasteiger partial charge < -0.3 is 9.53 Å². The maximum atomic E-state index is 14.0. The molecule has 0 spiro atoms. The fourth-order valence-corrected chi connectivity index (χ4v) is 7.28. The quantitative estimate of drug-likeness (QED) is 0.337. The van der Waals surface area contributed by atoms with E-state index in [0.717, 1.165) is 67.1 Å². The van der Waals surface area contributed by atoms with E-state index in [9.17, 15) is 13.9 Å². The van der Waals surface area contributed by atoms with E-state index in [2.05, 4.69) is 67.6 Å². The van der Waals surface area contributed by atoms with E-state index in [0.29, 0.717) is 5.56 Å². The molecule has 4 rings (SSSR count). The van der Waals surface area contributed by atoms with Crippen LogP contribution in [0.4, 0.5) is 8.78 Å². The Morgan fingerprint density at radius 2 is 1.70 bits per heavy atom. The zero-order chi connectivity index (χ0) is 29.8. The Morgan fingerprint density at radius 3 is 2.20 bits per heavy atom. The predicted octanol–water partition coefficient (Wildman–Crippen LogP) is 10.0. The SMILES string of the molecule is CC(C)c1nc2c(c(C3=CCCC3)c1C(O)c1ccc(C(C)(F)F)cc1)[C@@H](O[Si](C)(C)C(C)(C)C)CC(C)(C)C2. The number of nitrogens with zero attached hydrogens (tertiary/aromatic N) is 1. The van der Waals surface area contributed by atoms with Crippen molar-refractivity contribution in [3.8, 4) is 0 Å². The van der Waals surface area contributed by atoms with Crippen LogP contribution in [-0.2, 0) is 16.8 Å². The van der Waals surface area contributed by atoms with Crippen LogP contribution < -0.4 is 0 Å². The zero-order valence-corrected chi connectivity index (χ0v) is 27.2. The number of aromatic nitrogens is 1.